The van der Waals surface area contributed by atoms with Gasteiger partial charge in [-0.1, -0.05) is 30.7 Å². The highest BCUT2D eigenvalue weighted by atomic mass is 35.5. The van der Waals surface area contributed by atoms with Crippen LogP contribution in [0.1, 0.15) is 34.1 Å². The summed E-state index contributed by atoms with van der Waals surface area (Å²) in [5.41, 5.74) is 1.55. The number of halogens is 1. The van der Waals surface area contributed by atoms with Crippen molar-refractivity contribution in [2.24, 2.45) is 0 Å². The van der Waals surface area contributed by atoms with Crippen LogP contribution < -0.4 is 10.6 Å². The molecule has 5 heteroatoms. The van der Waals surface area contributed by atoms with E-state index in [9.17, 15) is 9.59 Å². The molecule has 2 aromatic rings. The maximum atomic E-state index is 12.1. The van der Waals surface area contributed by atoms with Crippen LogP contribution in [0.3, 0.4) is 0 Å². The molecule has 2 rings (SSSR count). The van der Waals surface area contributed by atoms with Crippen LogP contribution >= 0.6 is 11.6 Å². The molecule has 114 valence electrons. The van der Waals surface area contributed by atoms with E-state index >= 15 is 0 Å². The predicted octanol–water partition coefficient (Wildman–Crippen LogP) is 3.73. The summed E-state index contributed by atoms with van der Waals surface area (Å²) in [5.74, 6) is -0.409. The summed E-state index contributed by atoms with van der Waals surface area (Å²) in [6, 6.07) is 13.5. The number of nitrogens with one attached hydrogen (secondary N) is 2. The Morgan fingerprint density at radius 1 is 0.955 bits per heavy atom. The molecule has 22 heavy (non-hydrogen) atoms. The van der Waals surface area contributed by atoms with E-state index in [1.807, 2.05) is 6.92 Å². The van der Waals surface area contributed by atoms with Crippen molar-refractivity contribution in [2.75, 3.05) is 11.9 Å². The van der Waals surface area contributed by atoms with Crippen molar-refractivity contribution in [1.82, 2.24) is 5.32 Å². The van der Waals surface area contributed by atoms with Gasteiger partial charge in [-0.2, -0.15) is 0 Å². The smallest absolute Gasteiger partial charge is 0.255 e. The molecule has 0 radical (unpaired) electrons. The first kappa shape index (κ1) is 16.0. The lowest BCUT2D eigenvalue weighted by atomic mass is 10.1. The Morgan fingerprint density at radius 2 is 1.55 bits per heavy atom. The van der Waals surface area contributed by atoms with E-state index in [4.69, 9.17) is 11.6 Å². The van der Waals surface area contributed by atoms with Crippen LogP contribution in [0.4, 0.5) is 5.69 Å². The third-order valence-corrected chi connectivity index (χ3v) is 3.40. The summed E-state index contributed by atoms with van der Waals surface area (Å²) in [6.07, 6.45) is 0.879. The molecule has 0 unspecified atom stereocenters. The van der Waals surface area contributed by atoms with Crippen molar-refractivity contribution in [3.05, 3.63) is 64.7 Å². The summed E-state index contributed by atoms with van der Waals surface area (Å²) in [7, 11) is 0. The zero-order chi connectivity index (χ0) is 15.9. The molecular weight excluding hydrogens is 300 g/mol. The first-order valence-corrected chi connectivity index (χ1v) is 7.43. The van der Waals surface area contributed by atoms with Crippen molar-refractivity contribution in [3.8, 4) is 0 Å². The minimum atomic E-state index is -0.270. The second-order valence-electron chi connectivity index (χ2n) is 4.77. The van der Waals surface area contributed by atoms with E-state index in [0.717, 1.165) is 6.42 Å². The molecule has 0 bridgehead atoms. The zero-order valence-corrected chi connectivity index (χ0v) is 13.0. The Labute approximate surface area is 134 Å². The van der Waals surface area contributed by atoms with Crippen LogP contribution in [-0.4, -0.2) is 18.4 Å². The lowest BCUT2D eigenvalue weighted by Crippen LogP contribution is -2.24. The third-order valence-electron chi connectivity index (χ3n) is 3.07. The number of rotatable bonds is 5. The van der Waals surface area contributed by atoms with Crippen molar-refractivity contribution in [1.29, 1.82) is 0 Å². The molecule has 0 aliphatic heterocycles. The third kappa shape index (κ3) is 4.09. The molecule has 0 heterocycles. The SMILES string of the molecule is CCCNC(=O)c1ccc(C(=O)Nc2ccccc2Cl)cc1. The van der Waals surface area contributed by atoms with Gasteiger partial charge in [0.05, 0.1) is 10.7 Å². The van der Waals surface area contributed by atoms with Crippen molar-refractivity contribution in [3.63, 3.8) is 0 Å². The number of amides is 2. The standard InChI is InChI=1S/C17H17ClN2O2/c1-2-11-19-16(21)12-7-9-13(10-8-12)17(22)20-15-6-4-3-5-14(15)18/h3-10H,2,11H2,1H3,(H,19,21)(H,20,22). The van der Waals surface area contributed by atoms with Gasteiger partial charge in [0.1, 0.15) is 0 Å². The molecule has 0 aliphatic carbocycles. The van der Waals surface area contributed by atoms with Gasteiger partial charge in [-0.05, 0) is 42.8 Å². The quantitative estimate of drug-likeness (QED) is 0.883. The van der Waals surface area contributed by atoms with E-state index in [-0.39, 0.29) is 11.8 Å². The topological polar surface area (TPSA) is 58.2 Å². The number of hydrogen-bond donors (Lipinski definition) is 2. The normalized spacial score (nSPS) is 10.1. The molecule has 0 aliphatic rings. The van der Waals surface area contributed by atoms with Gasteiger partial charge in [0.15, 0.2) is 0 Å². The van der Waals surface area contributed by atoms with Gasteiger partial charge in [0, 0.05) is 17.7 Å². The largest absolute Gasteiger partial charge is 0.352 e. The zero-order valence-electron chi connectivity index (χ0n) is 12.2. The average molecular weight is 317 g/mol. The Hall–Kier alpha value is -2.33. The molecular formula is C17H17ClN2O2. The van der Waals surface area contributed by atoms with Crippen molar-refractivity contribution >= 4 is 29.1 Å². The lowest BCUT2D eigenvalue weighted by Gasteiger charge is -2.08. The maximum absolute atomic E-state index is 12.1. The summed E-state index contributed by atoms with van der Waals surface area (Å²) >= 11 is 6.00. The number of para-hydroxylation sites is 1. The van der Waals surface area contributed by atoms with Crippen LogP contribution in [0.5, 0.6) is 0 Å². The molecule has 2 aromatic carbocycles. The molecule has 2 N–H and O–H groups in total. The minimum Gasteiger partial charge on any atom is -0.352 e. The number of hydrogen-bond acceptors (Lipinski definition) is 2. The minimum absolute atomic E-state index is 0.139. The summed E-state index contributed by atoms with van der Waals surface area (Å²) in [4.78, 5) is 23.9. The second kappa shape index (κ2) is 7.61. The Kier molecular flexibility index (Phi) is 5.55. The molecule has 0 spiro atoms. The average Bonchev–Trinajstić information content (AvgIpc) is 2.55. The van der Waals surface area contributed by atoms with Gasteiger partial charge in [0.2, 0.25) is 0 Å². The molecule has 0 atom stereocenters. The Bertz CT molecular complexity index is 669. The van der Waals surface area contributed by atoms with Crippen molar-refractivity contribution < 1.29 is 9.59 Å². The van der Waals surface area contributed by atoms with Crippen LogP contribution in [-0.2, 0) is 0 Å². The molecule has 0 saturated carbocycles. The summed E-state index contributed by atoms with van der Waals surface area (Å²) in [5, 5.41) is 6.00. The van der Waals surface area contributed by atoms with Gasteiger partial charge in [-0.3, -0.25) is 9.59 Å². The monoisotopic (exact) mass is 316 g/mol. The second-order valence-corrected chi connectivity index (χ2v) is 5.17. The molecule has 0 saturated heterocycles. The highest BCUT2D eigenvalue weighted by Gasteiger charge is 2.10. The van der Waals surface area contributed by atoms with Gasteiger partial charge in [0.25, 0.3) is 11.8 Å². The summed E-state index contributed by atoms with van der Waals surface area (Å²) < 4.78 is 0. The number of anilines is 1. The first-order chi connectivity index (χ1) is 10.6. The molecule has 4 nitrogen and oxygen atoms in total. The van der Waals surface area contributed by atoms with Crippen molar-refractivity contribution in [2.45, 2.75) is 13.3 Å². The number of benzene rings is 2. The van der Waals surface area contributed by atoms with Crippen LogP contribution in [0.15, 0.2) is 48.5 Å². The van der Waals surface area contributed by atoms with E-state index in [2.05, 4.69) is 10.6 Å². The highest BCUT2D eigenvalue weighted by Crippen LogP contribution is 2.21. The van der Waals surface area contributed by atoms with Gasteiger partial charge < -0.3 is 10.6 Å². The fourth-order valence-electron chi connectivity index (χ4n) is 1.87. The number of carbonyl (C=O) groups is 2. The maximum Gasteiger partial charge on any atom is 0.255 e. The van der Waals surface area contributed by atoms with Crippen LogP contribution in [0, 0.1) is 0 Å². The van der Waals surface area contributed by atoms with E-state index in [0.29, 0.717) is 28.4 Å². The van der Waals surface area contributed by atoms with E-state index in [1.165, 1.54) is 0 Å². The van der Waals surface area contributed by atoms with E-state index < -0.39 is 0 Å². The number of carbonyl (C=O) groups excluding carboxylic acids is 2. The van der Waals surface area contributed by atoms with E-state index in [1.54, 1.807) is 48.5 Å². The Morgan fingerprint density at radius 3 is 2.14 bits per heavy atom. The van der Waals surface area contributed by atoms with Crippen LogP contribution in [0.25, 0.3) is 0 Å². The van der Waals surface area contributed by atoms with Crippen LogP contribution in [0.2, 0.25) is 5.02 Å². The first-order valence-electron chi connectivity index (χ1n) is 7.06. The fourth-order valence-corrected chi connectivity index (χ4v) is 2.05. The van der Waals surface area contributed by atoms with Gasteiger partial charge in [-0.25, -0.2) is 0 Å². The fraction of sp³-hybridized carbons (Fsp3) is 0.176. The van der Waals surface area contributed by atoms with Gasteiger partial charge in [-0.15, -0.1) is 0 Å². The molecule has 2 amide bonds. The molecule has 0 aromatic heterocycles. The lowest BCUT2D eigenvalue weighted by molar-refractivity contribution is 0.0951. The summed E-state index contributed by atoms with van der Waals surface area (Å²) in [6.45, 7) is 2.62. The Balaban J connectivity index is 2.05. The molecule has 0 fully saturated rings. The predicted molar refractivity (Wildman–Crippen MR) is 88.5 cm³/mol. The van der Waals surface area contributed by atoms with Gasteiger partial charge >= 0.3 is 0 Å². The highest BCUT2D eigenvalue weighted by molar-refractivity contribution is 6.33.